The van der Waals surface area contributed by atoms with E-state index >= 15 is 0 Å². The van der Waals surface area contributed by atoms with Gasteiger partial charge in [0.15, 0.2) is 0 Å². The van der Waals surface area contributed by atoms with Crippen molar-refractivity contribution in [2.24, 2.45) is 0 Å². The van der Waals surface area contributed by atoms with Crippen molar-refractivity contribution in [3.05, 3.63) is 28.7 Å². The van der Waals surface area contributed by atoms with E-state index in [2.05, 4.69) is 15.5 Å². The molecular formula is C11H13N3OS. The molecule has 0 aromatic carbocycles. The van der Waals surface area contributed by atoms with Crippen LogP contribution in [0.15, 0.2) is 16.7 Å². The highest BCUT2D eigenvalue weighted by molar-refractivity contribution is 7.15. The molecule has 2 aromatic heterocycles. The fourth-order valence-corrected chi connectivity index (χ4v) is 2.45. The largest absolute Gasteiger partial charge is 0.467 e. The first kappa shape index (κ1) is 9.84. The predicted octanol–water partition coefficient (Wildman–Crippen LogP) is 2.93. The Morgan fingerprint density at radius 1 is 1.50 bits per heavy atom. The monoisotopic (exact) mass is 235 g/mol. The smallest absolute Gasteiger partial charge is 0.206 e. The molecule has 0 spiro atoms. The summed E-state index contributed by atoms with van der Waals surface area (Å²) in [5.41, 5.74) is 1.17. The number of hydrogen-bond acceptors (Lipinski definition) is 5. The summed E-state index contributed by atoms with van der Waals surface area (Å²) in [7, 11) is 0. The number of nitrogens with one attached hydrogen (secondary N) is 1. The Morgan fingerprint density at radius 2 is 2.38 bits per heavy atom. The van der Waals surface area contributed by atoms with Gasteiger partial charge in [-0.05, 0) is 31.4 Å². The average molecular weight is 235 g/mol. The van der Waals surface area contributed by atoms with Crippen molar-refractivity contribution in [3.8, 4) is 0 Å². The molecule has 1 aliphatic rings. The first-order valence-electron chi connectivity index (χ1n) is 5.43. The van der Waals surface area contributed by atoms with Crippen molar-refractivity contribution in [2.75, 3.05) is 5.32 Å². The summed E-state index contributed by atoms with van der Waals surface area (Å²) in [5, 5.41) is 13.6. The third kappa shape index (κ3) is 1.95. The molecule has 1 fully saturated rings. The molecule has 4 nitrogen and oxygen atoms in total. The molecule has 0 atom stereocenters. The van der Waals surface area contributed by atoms with Crippen molar-refractivity contribution in [2.45, 2.75) is 32.2 Å². The fourth-order valence-electron chi connectivity index (χ4n) is 1.54. The Kier molecular flexibility index (Phi) is 2.40. The van der Waals surface area contributed by atoms with Crippen LogP contribution in [-0.4, -0.2) is 10.2 Å². The highest BCUT2D eigenvalue weighted by Crippen LogP contribution is 2.42. The molecule has 16 heavy (non-hydrogen) atoms. The van der Waals surface area contributed by atoms with E-state index < -0.39 is 0 Å². The van der Waals surface area contributed by atoms with E-state index in [1.165, 1.54) is 23.4 Å². The van der Waals surface area contributed by atoms with Gasteiger partial charge in [-0.15, -0.1) is 10.2 Å². The lowest BCUT2D eigenvalue weighted by molar-refractivity contribution is 0.515. The van der Waals surface area contributed by atoms with Crippen molar-refractivity contribution < 1.29 is 4.42 Å². The summed E-state index contributed by atoms with van der Waals surface area (Å²) in [5.74, 6) is 1.64. The summed E-state index contributed by atoms with van der Waals surface area (Å²) in [6, 6.07) is 1.97. The Labute approximate surface area is 97.7 Å². The fraction of sp³-hybridized carbons (Fsp3) is 0.455. The van der Waals surface area contributed by atoms with E-state index in [0.717, 1.165) is 10.9 Å². The molecule has 0 bridgehead atoms. The molecule has 2 aromatic rings. The summed E-state index contributed by atoms with van der Waals surface area (Å²) >= 11 is 1.66. The molecule has 0 saturated heterocycles. The van der Waals surface area contributed by atoms with Gasteiger partial charge < -0.3 is 9.73 Å². The molecule has 3 rings (SSSR count). The number of aromatic nitrogens is 2. The van der Waals surface area contributed by atoms with Gasteiger partial charge >= 0.3 is 0 Å². The van der Waals surface area contributed by atoms with E-state index in [4.69, 9.17) is 4.42 Å². The molecule has 0 unspecified atom stereocenters. The van der Waals surface area contributed by atoms with E-state index in [1.54, 1.807) is 17.6 Å². The minimum absolute atomic E-state index is 0.679. The van der Waals surface area contributed by atoms with Crippen LogP contribution in [0.3, 0.4) is 0 Å². The average Bonchev–Trinajstić information content (AvgIpc) is 2.89. The first-order valence-corrected chi connectivity index (χ1v) is 6.25. The Hall–Kier alpha value is -1.36. The third-order valence-corrected chi connectivity index (χ3v) is 3.78. The molecule has 84 valence electrons. The van der Waals surface area contributed by atoms with Crippen molar-refractivity contribution in [1.29, 1.82) is 0 Å². The highest BCUT2D eigenvalue weighted by Gasteiger charge is 2.27. The summed E-state index contributed by atoms with van der Waals surface area (Å²) in [6.07, 6.45) is 4.25. The van der Waals surface area contributed by atoms with Crippen LogP contribution < -0.4 is 5.32 Å². The Bertz CT molecular complexity index is 487. The summed E-state index contributed by atoms with van der Waals surface area (Å²) in [4.78, 5) is 0. The molecule has 1 aliphatic carbocycles. The van der Waals surface area contributed by atoms with E-state index in [-0.39, 0.29) is 0 Å². The maximum Gasteiger partial charge on any atom is 0.206 e. The number of rotatable bonds is 4. The summed E-state index contributed by atoms with van der Waals surface area (Å²) in [6.45, 7) is 2.72. The molecule has 0 radical (unpaired) electrons. The van der Waals surface area contributed by atoms with Gasteiger partial charge in [-0.3, -0.25) is 0 Å². The van der Waals surface area contributed by atoms with E-state index in [9.17, 15) is 0 Å². The Balaban J connectivity index is 1.63. The van der Waals surface area contributed by atoms with Crippen LogP contribution in [0.1, 0.15) is 35.1 Å². The molecule has 1 N–H and O–H groups in total. The maximum atomic E-state index is 5.35. The van der Waals surface area contributed by atoms with E-state index in [1.807, 2.05) is 13.0 Å². The quantitative estimate of drug-likeness (QED) is 0.885. The second kappa shape index (κ2) is 3.90. The molecule has 0 aliphatic heterocycles. The van der Waals surface area contributed by atoms with Gasteiger partial charge in [0.05, 0.1) is 12.8 Å². The first-order chi connectivity index (χ1) is 7.83. The maximum absolute atomic E-state index is 5.35. The second-order valence-electron chi connectivity index (χ2n) is 4.10. The van der Waals surface area contributed by atoms with Crippen LogP contribution in [0.25, 0.3) is 0 Å². The van der Waals surface area contributed by atoms with Gasteiger partial charge in [0.2, 0.25) is 5.13 Å². The predicted molar refractivity (Wildman–Crippen MR) is 62.7 cm³/mol. The highest BCUT2D eigenvalue weighted by atomic mass is 32.1. The van der Waals surface area contributed by atoms with Crippen molar-refractivity contribution >= 4 is 16.5 Å². The Morgan fingerprint density at radius 3 is 3.06 bits per heavy atom. The molecule has 5 heteroatoms. The molecule has 0 amide bonds. The van der Waals surface area contributed by atoms with Gasteiger partial charge in [-0.25, -0.2) is 0 Å². The number of aryl methyl sites for hydroxylation is 1. The molecular weight excluding hydrogens is 222 g/mol. The zero-order chi connectivity index (χ0) is 11.0. The van der Waals surface area contributed by atoms with Crippen LogP contribution in [0.5, 0.6) is 0 Å². The zero-order valence-electron chi connectivity index (χ0n) is 9.06. The third-order valence-electron chi connectivity index (χ3n) is 2.74. The minimum atomic E-state index is 0.679. The van der Waals surface area contributed by atoms with Crippen LogP contribution in [0.2, 0.25) is 0 Å². The lowest BCUT2D eigenvalue weighted by Crippen LogP contribution is -1.98. The second-order valence-corrected chi connectivity index (χ2v) is 5.11. The lowest BCUT2D eigenvalue weighted by Gasteiger charge is -1.99. The van der Waals surface area contributed by atoms with Crippen LogP contribution >= 0.6 is 11.3 Å². The number of hydrogen-bond donors (Lipinski definition) is 1. The van der Waals surface area contributed by atoms with Crippen molar-refractivity contribution in [1.82, 2.24) is 10.2 Å². The van der Waals surface area contributed by atoms with Gasteiger partial charge in [-0.1, -0.05) is 11.3 Å². The minimum Gasteiger partial charge on any atom is -0.467 e. The van der Waals surface area contributed by atoms with Crippen LogP contribution in [0.4, 0.5) is 5.13 Å². The topological polar surface area (TPSA) is 51.0 Å². The number of furan rings is 1. The summed E-state index contributed by atoms with van der Waals surface area (Å²) < 4.78 is 5.35. The van der Waals surface area contributed by atoms with Gasteiger partial charge in [0.1, 0.15) is 10.8 Å². The number of anilines is 1. The lowest BCUT2D eigenvalue weighted by atomic mass is 10.3. The van der Waals surface area contributed by atoms with Gasteiger partial charge in [0, 0.05) is 5.92 Å². The van der Waals surface area contributed by atoms with Crippen molar-refractivity contribution in [3.63, 3.8) is 0 Å². The SMILES string of the molecule is Cc1ccoc1CNc1nnc(C2CC2)s1. The normalized spacial score (nSPS) is 15.3. The van der Waals surface area contributed by atoms with Crippen LogP contribution in [0, 0.1) is 6.92 Å². The van der Waals surface area contributed by atoms with Gasteiger partial charge in [0.25, 0.3) is 0 Å². The van der Waals surface area contributed by atoms with Gasteiger partial charge in [-0.2, -0.15) is 0 Å². The molecule has 1 saturated carbocycles. The zero-order valence-corrected chi connectivity index (χ0v) is 9.88. The standard InChI is InChI=1S/C11H13N3OS/c1-7-4-5-15-9(7)6-12-11-14-13-10(16-11)8-2-3-8/h4-5,8H,2-3,6H2,1H3,(H,12,14). The van der Waals surface area contributed by atoms with E-state index in [0.29, 0.717) is 12.5 Å². The molecule has 2 heterocycles. The van der Waals surface area contributed by atoms with Crippen LogP contribution in [-0.2, 0) is 6.54 Å². The number of nitrogens with zero attached hydrogens (tertiary/aromatic N) is 2.